The molecule has 1 saturated heterocycles. The SMILES string of the molecule is CCOC(=O)C[C@H]1CN(C(=O)OC(C)C)N(C(=O)OC(C)C)[C@@H]1Cc1ccc2ccccc2c1. The summed E-state index contributed by atoms with van der Waals surface area (Å²) >= 11 is 0. The summed E-state index contributed by atoms with van der Waals surface area (Å²) in [5.74, 6) is -0.711. The van der Waals surface area contributed by atoms with E-state index in [9.17, 15) is 14.4 Å². The zero-order chi connectivity index (χ0) is 24.8. The quantitative estimate of drug-likeness (QED) is 0.421. The van der Waals surface area contributed by atoms with Crippen molar-refractivity contribution >= 4 is 28.9 Å². The molecular weight excluding hydrogens is 436 g/mol. The van der Waals surface area contributed by atoms with E-state index in [0.29, 0.717) is 6.42 Å². The van der Waals surface area contributed by atoms with Gasteiger partial charge < -0.3 is 14.2 Å². The van der Waals surface area contributed by atoms with Crippen LogP contribution in [0.1, 0.15) is 46.6 Å². The van der Waals surface area contributed by atoms with Gasteiger partial charge in [0.15, 0.2) is 0 Å². The third kappa shape index (κ3) is 6.18. The molecule has 2 aromatic rings. The van der Waals surface area contributed by atoms with Crippen LogP contribution in [0.4, 0.5) is 9.59 Å². The first-order valence-electron chi connectivity index (χ1n) is 11.8. The predicted molar refractivity (Wildman–Crippen MR) is 128 cm³/mol. The Bertz CT molecular complexity index is 1020. The molecule has 0 spiro atoms. The van der Waals surface area contributed by atoms with Crippen LogP contribution in [0, 0.1) is 5.92 Å². The third-order valence-electron chi connectivity index (χ3n) is 5.59. The van der Waals surface area contributed by atoms with E-state index >= 15 is 0 Å². The molecule has 0 unspecified atom stereocenters. The number of amides is 2. The van der Waals surface area contributed by atoms with Crippen molar-refractivity contribution in [2.45, 2.75) is 65.7 Å². The van der Waals surface area contributed by atoms with Crippen molar-refractivity contribution in [1.29, 1.82) is 0 Å². The van der Waals surface area contributed by atoms with E-state index in [4.69, 9.17) is 14.2 Å². The summed E-state index contributed by atoms with van der Waals surface area (Å²) in [5, 5.41) is 4.77. The number of benzene rings is 2. The molecule has 0 saturated carbocycles. The number of hydrogen-bond acceptors (Lipinski definition) is 6. The number of carbonyl (C=O) groups excluding carboxylic acids is 3. The fourth-order valence-electron chi connectivity index (χ4n) is 4.22. The lowest BCUT2D eigenvalue weighted by Gasteiger charge is -2.32. The maximum Gasteiger partial charge on any atom is 0.429 e. The molecular formula is C26H34N2O6. The molecule has 0 bridgehead atoms. The normalized spacial score (nSPS) is 18.0. The van der Waals surface area contributed by atoms with E-state index in [2.05, 4.69) is 6.07 Å². The number of fused-ring (bicyclic) bond motifs is 1. The summed E-state index contributed by atoms with van der Waals surface area (Å²) in [6.07, 6.45) is -1.52. The number of esters is 1. The van der Waals surface area contributed by atoms with Crippen molar-refractivity contribution in [1.82, 2.24) is 10.0 Å². The summed E-state index contributed by atoms with van der Waals surface area (Å²) < 4.78 is 16.1. The average Bonchev–Trinajstić information content (AvgIpc) is 3.11. The fraction of sp³-hybridized carbons (Fsp3) is 0.500. The smallest absolute Gasteiger partial charge is 0.429 e. The number of nitrogens with zero attached hydrogens (tertiary/aromatic N) is 2. The van der Waals surface area contributed by atoms with Gasteiger partial charge in [0.25, 0.3) is 0 Å². The van der Waals surface area contributed by atoms with E-state index in [0.717, 1.165) is 16.3 Å². The predicted octanol–water partition coefficient (Wildman–Crippen LogP) is 4.94. The third-order valence-corrected chi connectivity index (χ3v) is 5.59. The molecule has 2 amide bonds. The van der Waals surface area contributed by atoms with Crippen LogP contribution in [0.25, 0.3) is 10.8 Å². The van der Waals surface area contributed by atoms with Crippen molar-refractivity contribution in [3.8, 4) is 0 Å². The topological polar surface area (TPSA) is 85.4 Å². The van der Waals surface area contributed by atoms with Crippen LogP contribution >= 0.6 is 0 Å². The van der Waals surface area contributed by atoms with Gasteiger partial charge in [0.1, 0.15) is 0 Å². The summed E-state index contributed by atoms with van der Waals surface area (Å²) in [6, 6.07) is 13.6. The number of rotatable bonds is 7. The lowest BCUT2D eigenvalue weighted by atomic mass is 9.91. The van der Waals surface area contributed by atoms with Crippen LogP contribution in [0.2, 0.25) is 0 Å². The van der Waals surface area contributed by atoms with Crippen LogP contribution in [0.15, 0.2) is 42.5 Å². The van der Waals surface area contributed by atoms with Gasteiger partial charge in [-0.15, -0.1) is 0 Å². The Morgan fingerprint density at radius 2 is 1.59 bits per heavy atom. The second-order valence-electron chi connectivity index (χ2n) is 9.01. The van der Waals surface area contributed by atoms with Gasteiger partial charge in [0.2, 0.25) is 0 Å². The summed E-state index contributed by atoms with van der Waals surface area (Å²) in [7, 11) is 0. The first-order chi connectivity index (χ1) is 16.2. The summed E-state index contributed by atoms with van der Waals surface area (Å²) in [5.41, 5.74) is 0.985. The molecule has 1 fully saturated rings. The van der Waals surface area contributed by atoms with Gasteiger partial charge in [-0.1, -0.05) is 42.5 Å². The van der Waals surface area contributed by atoms with Gasteiger partial charge in [-0.05, 0) is 57.4 Å². The van der Waals surface area contributed by atoms with E-state index < -0.39 is 18.2 Å². The Labute approximate surface area is 200 Å². The Morgan fingerprint density at radius 3 is 2.24 bits per heavy atom. The monoisotopic (exact) mass is 470 g/mol. The minimum atomic E-state index is -0.648. The zero-order valence-corrected chi connectivity index (χ0v) is 20.5. The molecule has 8 heteroatoms. The maximum absolute atomic E-state index is 13.2. The molecule has 1 heterocycles. The van der Waals surface area contributed by atoms with Gasteiger partial charge in [0, 0.05) is 5.92 Å². The second kappa shape index (κ2) is 11.2. The highest BCUT2D eigenvalue weighted by Gasteiger charge is 2.47. The minimum absolute atomic E-state index is 0.0724. The van der Waals surface area contributed by atoms with Crippen LogP contribution in [0.3, 0.4) is 0 Å². The van der Waals surface area contributed by atoms with Crippen molar-refractivity contribution in [2.75, 3.05) is 13.2 Å². The van der Waals surface area contributed by atoms with Crippen molar-refractivity contribution < 1.29 is 28.6 Å². The Balaban J connectivity index is 1.97. The number of carbonyl (C=O) groups is 3. The van der Waals surface area contributed by atoms with E-state index in [1.165, 1.54) is 10.0 Å². The Kier molecular flexibility index (Phi) is 8.36. The number of ether oxygens (including phenoxy) is 3. The maximum atomic E-state index is 13.2. The summed E-state index contributed by atoms with van der Waals surface area (Å²) in [6.45, 7) is 9.14. The van der Waals surface area contributed by atoms with E-state index in [1.807, 2.05) is 36.4 Å². The molecule has 2 atom stereocenters. The number of hydrogen-bond donors (Lipinski definition) is 0. The molecule has 34 heavy (non-hydrogen) atoms. The van der Waals surface area contributed by atoms with Crippen molar-refractivity contribution in [3.05, 3.63) is 48.0 Å². The highest BCUT2D eigenvalue weighted by Crippen LogP contribution is 2.32. The van der Waals surface area contributed by atoms with Gasteiger partial charge in [0.05, 0.1) is 37.8 Å². The van der Waals surface area contributed by atoms with Crippen molar-refractivity contribution in [3.63, 3.8) is 0 Å². The van der Waals surface area contributed by atoms with Gasteiger partial charge in [-0.3, -0.25) is 4.79 Å². The van der Waals surface area contributed by atoms with Crippen LogP contribution < -0.4 is 0 Å². The average molecular weight is 471 g/mol. The molecule has 0 aromatic heterocycles. The molecule has 184 valence electrons. The van der Waals surface area contributed by atoms with Gasteiger partial charge in [-0.2, -0.15) is 0 Å². The molecule has 3 rings (SSSR count). The summed E-state index contributed by atoms with van der Waals surface area (Å²) in [4.78, 5) is 38.5. The number of hydrazine groups is 1. The standard InChI is InChI=1S/C26H34N2O6/c1-6-32-24(29)15-22-16-27(25(30)33-17(2)3)28(26(31)34-18(4)5)23(22)14-19-11-12-20-9-7-8-10-21(20)13-19/h7-13,17-18,22-23H,6,14-16H2,1-5H3/t22-,23+/m0/s1. The fourth-order valence-corrected chi connectivity index (χ4v) is 4.22. The highest BCUT2D eigenvalue weighted by atomic mass is 16.6. The molecule has 2 aromatic carbocycles. The second-order valence-corrected chi connectivity index (χ2v) is 9.01. The van der Waals surface area contributed by atoms with Gasteiger partial charge >= 0.3 is 18.2 Å². The van der Waals surface area contributed by atoms with E-state index in [1.54, 1.807) is 34.6 Å². The lowest BCUT2D eigenvalue weighted by molar-refractivity contribution is -0.144. The van der Waals surface area contributed by atoms with Crippen molar-refractivity contribution in [2.24, 2.45) is 5.92 Å². The Morgan fingerprint density at radius 1 is 0.941 bits per heavy atom. The minimum Gasteiger partial charge on any atom is -0.466 e. The zero-order valence-electron chi connectivity index (χ0n) is 20.5. The van der Waals surface area contributed by atoms with Crippen LogP contribution in [-0.4, -0.2) is 59.6 Å². The Hall–Kier alpha value is -3.29. The van der Waals surface area contributed by atoms with Gasteiger partial charge in [-0.25, -0.2) is 19.6 Å². The molecule has 1 aliphatic rings. The molecule has 8 nitrogen and oxygen atoms in total. The first-order valence-corrected chi connectivity index (χ1v) is 11.8. The first kappa shape index (κ1) is 25.3. The lowest BCUT2D eigenvalue weighted by Crippen LogP contribution is -2.50. The molecule has 0 radical (unpaired) electrons. The molecule has 0 N–H and O–H groups in total. The molecule has 1 aliphatic heterocycles. The largest absolute Gasteiger partial charge is 0.466 e. The van der Waals surface area contributed by atoms with Crippen LogP contribution in [0.5, 0.6) is 0 Å². The van der Waals surface area contributed by atoms with Crippen LogP contribution in [-0.2, 0) is 25.4 Å². The highest BCUT2D eigenvalue weighted by molar-refractivity contribution is 5.83. The molecule has 0 aliphatic carbocycles. The van der Waals surface area contributed by atoms with E-state index in [-0.39, 0.29) is 43.7 Å².